The van der Waals surface area contributed by atoms with Gasteiger partial charge in [-0.1, -0.05) is 17.5 Å². The van der Waals surface area contributed by atoms with Crippen molar-refractivity contribution in [3.8, 4) is 17.5 Å². The lowest BCUT2D eigenvalue weighted by Crippen LogP contribution is -2.15. The number of nitrogens with zero attached hydrogens (tertiary/aromatic N) is 4. The second-order valence-electron chi connectivity index (χ2n) is 4.99. The largest absolute Gasteiger partial charge is 0.318 e. The third-order valence-electron chi connectivity index (χ3n) is 3.31. The van der Waals surface area contributed by atoms with E-state index in [9.17, 15) is 4.79 Å². The van der Waals surface area contributed by atoms with Crippen molar-refractivity contribution in [2.24, 2.45) is 7.05 Å². The van der Waals surface area contributed by atoms with Crippen LogP contribution in [0.5, 0.6) is 0 Å². The van der Waals surface area contributed by atoms with Gasteiger partial charge in [0.15, 0.2) is 0 Å². The molecular weight excluding hydrogens is 312 g/mol. The van der Waals surface area contributed by atoms with E-state index in [1.807, 2.05) is 17.6 Å². The van der Waals surface area contributed by atoms with E-state index in [1.165, 1.54) is 4.57 Å². The summed E-state index contributed by atoms with van der Waals surface area (Å²) in [7, 11) is 1.71. The summed E-state index contributed by atoms with van der Waals surface area (Å²) in [6.07, 6.45) is 5.14. The molecule has 0 atom stereocenters. The lowest BCUT2D eigenvalue weighted by atomic mass is 10.2. The minimum atomic E-state index is -0.0744. The molecule has 0 saturated heterocycles. The molecular formula is C17H13ClN4O. The summed E-state index contributed by atoms with van der Waals surface area (Å²) in [6.45, 7) is 1.87. The van der Waals surface area contributed by atoms with Crippen LogP contribution in [-0.2, 0) is 7.05 Å². The first kappa shape index (κ1) is 15.1. The molecule has 0 spiro atoms. The fourth-order valence-corrected chi connectivity index (χ4v) is 2.27. The second kappa shape index (κ2) is 6.11. The molecule has 0 aromatic carbocycles. The van der Waals surface area contributed by atoms with E-state index in [0.717, 1.165) is 17.1 Å². The maximum Gasteiger partial charge on any atom is 0.252 e. The van der Waals surface area contributed by atoms with Crippen LogP contribution in [0.15, 0.2) is 47.7 Å². The molecule has 114 valence electrons. The number of imidazole rings is 1. The van der Waals surface area contributed by atoms with Gasteiger partial charge in [-0.05, 0) is 31.0 Å². The molecule has 3 aromatic heterocycles. The summed E-state index contributed by atoms with van der Waals surface area (Å²) in [4.78, 5) is 20.1. The molecule has 0 unspecified atom stereocenters. The average molecular weight is 325 g/mol. The summed E-state index contributed by atoms with van der Waals surface area (Å²) in [5, 5.41) is 0.402. The molecule has 3 heterocycles. The highest BCUT2D eigenvalue weighted by atomic mass is 35.5. The molecule has 3 rings (SSSR count). The van der Waals surface area contributed by atoms with Gasteiger partial charge in [-0.2, -0.15) is 0 Å². The third-order valence-corrected chi connectivity index (χ3v) is 3.52. The van der Waals surface area contributed by atoms with Crippen molar-refractivity contribution >= 4 is 11.6 Å². The van der Waals surface area contributed by atoms with Crippen molar-refractivity contribution in [1.82, 2.24) is 19.1 Å². The molecule has 0 aliphatic rings. The molecule has 3 aromatic rings. The highest BCUT2D eigenvalue weighted by molar-refractivity contribution is 6.29. The molecule has 0 N–H and O–H groups in total. The molecule has 0 saturated carbocycles. The van der Waals surface area contributed by atoms with Gasteiger partial charge in [-0.3, -0.25) is 4.79 Å². The summed E-state index contributed by atoms with van der Waals surface area (Å²) >= 11 is 5.83. The van der Waals surface area contributed by atoms with Gasteiger partial charge in [0, 0.05) is 37.3 Å². The quantitative estimate of drug-likeness (QED) is 0.510. The Morgan fingerprint density at radius 2 is 2.04 bits per heavy atom. The van der Waals surface area contributed by atoms with Crippen molar-refractivity contribution < 1.29 is 0 Å². The van der Waals surface area contributed by atoms with Crippen LogP contribution in [0.25, 0.3) is 5.69 Å². The van der Waals surface area contributed by atoms with Gasteiger partial charge >= 0.3 is 0 Å². The van der Waals surface area contributed by atoms with E-state index in [4.69, 9.17) is 11.6 Å². The molecule has 23 heavy (non-hydrogen) atoms. The summed E-state index contributed by atoms with van der Waals surface area (Å²) < 4.78 is 3.36. The maximum absolute atomic E-state index is 11.8. The van der Waals surface area contributed by atoms with E-state index in [2.05, 4.69) is 21.8 Å². The van der Waals surface area contributed by atoms with E-state index >= 15 is 0 Å². The number of pyridine rings is 2. The first-order chi connectivity index (χ1) is 11.0. The predicted octanol–water partition coefficient (Wildman–Crippen LogP) is 2.33. The Labute approximate surface area is 138 Å². The molecule has 0 bridgehead atoms. The van der Waals surface area contributed by atoms with E-state index in [0.29, 0.717) is 10.8 Å². The number of hydrogen-bond donors (Lipinski definition) is 0. The second-order valence-corrected chi connectivity index (χ2v) is 5.38. The minimum Gasteiger partial charge on any atom is -0.318 e. The number of aromatic nitrogens is 4. The number of rotatable bonds is 1. The zero-order chi connectivity index (χ0) is 16.4. The summed E-state index contributed by atoms with van der Waals surface area (Å²) in [5.41, 5.74) is 2.08. The van der Waals surface area contributed by atoms with E-state index < -0.39 is 0 Å². The standard InChI is InChI=1S/C17H13ClN4O/c1-12-20-14(4-3-13-5-7-19-16(18)9-13)11-22(12)15-6-8-21(2)17(23)10-15/h5-11H,1-2H3. The SMILES string of the molecule is Cc1nc(C#Cc2ccnc(Cl)c2)cn1-c1ccn(C)c(=O)c1. The molecule has 0 amide bonds. The van der Waals surface area contributed by atoms with Crippen LogP contribution in [0.2, 0.25) is 5.15 Å². The van der Waals surface area contributed by atoms with Crippen molar-refractivity contribution in [1.29, 1.82) is 0 Å². The van der Waals surface area contributed by atoms with Gasteiger partial charge in [-0.25, -0.2) is 9.97 Å². The van der Waals surface area contributed by atoms with Crippen LogP contribution in [0, 0.1) is 18.8 Å². The Kier molecular flexibility index (Phi) is 4.00. The Bertz CT molecular complexity index is 992. The van der Waals surface area contributed by atoms with Crippen LogP contribution in [-0.4, -0.2) is 19.1 Å². The van der Waals surface area contributed by atoms with Gasteiger partial charge in [0.1, 0.15) is 16.7 Å². The topological polar surface area (TPSA) is 52.7 Å². The van der Waals surface area contributed by atoms with Gasteiger partial charge in [0.25, 0.3) is 5.56 Å². The first-order valence-electron chi connectivity index (χ1n) is 6.89. The van der Waals surface area contributed by atoms with Crippen molar-refractivity contribution in [3.63, 3.8) is 0 Å². The molecule has 0 aliphatic heterocycles. The van der Waals surface area contributed by atoms with Crippen LogP contribution in [0.1, 0.15) is 17.1 Å². The first-order valence-corrected chi connectivity index (χ1v) is 7.27. The van der Waals surface area contributed by atoms with Crippen molar-refractivity contribution in [3.05, 3.63) is 75.4 Å². The molecule has 0 aliphatic carbocycles. The molecule has 5 nitrogen and oxygen atoms in total. The fraction of sp³-hybridized carbons (Fsp3) is 0.118. The summed E-state index contributed by atoms with van der Waals surface area (Å²) in [5.74, 6) is 6.75. The monoisotopic (exact) mass is 324 g/mol. The minimum absolute atomic E-state index is 0.0744. The Balaban J connectivity index is 1.95. The molecule has 0 radical (unpaired) electrons. The van der Waals surface area contributed by atoms with Gasteiger partial charge in [-0.15, -0.1) is 0 Å². The average Bonchev–Trinajstić information content (AvgIpc) is 2.89. The lowest BCUT2D eigenvalue weighted by molar-refractivity contribution is 0.847. The highest BCUT2D eigenvalue weighted by Crippen LogP contribution is 2.10. The zero-order valence-corrected chi connectivity index (χ0v) is 13.4. The Morgan fingerprint density at radius 3 is 2.78 bits per heavy atom. The smallest absolute Gasteiger partial charge is 0.252 e. The van der Waals surface area contributed by atoms with Gasteiger partial charge in [0.2, 0.25) is 0 Å². The number of aryl methyl sites for hydroxylation is 2. The maximum atomic E-state index is 11.8. The zero-order valence-electron chi connectivity index (χ0n) is 12.6. The fourth-order valence-electron chi connectivity index (χ4n) is 2.10. The molecule has 0 fully saturated rings. The lowest BCUT2D eigenvalue weighted by Gasteiger charge is -2.04. The normalized spacial score (nSPS) is 10.2. The van der Waals surface area contributed by atoms with E-state index in [-0.39, 0.29) is 5.56 Å². The van der Waals surface area contributed by atoms with Crippen LogP contribution in [0.3, 0.4) is 0 Å². The van der Waals surface area contributed by atoms with Crippen LogP contribution < -0.4 is 5.56 Å². The highest BCUT2D eigenvalue weighted by Gasteiger charge is 2.05. The van der Waals surface area contributed by atoms with E-state index in [1.54, 1.807) is 43.8 Å². The van der Waals surface area contributed by atoms with Crippen LogP contribution >= 0.6 is 11.6 Å². The Morgan fingerprint density at radius 1 is 1.22 bits per heavy atom. The molecule has 6 heteroatoms. The predicted molar refractivity (Wildman–Crippen MR) is 88.8 cm³/mol. The van der Waals surface area contributed by atoms with Crippen molar-refractivity contribution in [2.45, 2.75) is 6.92 Å². The van der Waals surface area contributed by atoms with Crippen LogP contribution in [0.4, 0.5) is 0 Å². The number of hydrogen-bond acceptors (Lipinski definition) is 3. The van der Waals surface area contributed by atoms with Gasteiger partial charge in [0.05, 0.1) is 5.69 Å². The third kappa shape index (κ3) is 3.33. The van der Waals surface area contributed by atoms with Gasteiger partial charge < -0.3 is 9.13 Å². The Hall–Kier alpha value is -2.84. The van der Waals surface area contributed by atoms with Crippen molar-refractivity contribution in [2.75, 3.05) is 0 Å². The number of halogens is 1. The summed E-state index contributed by atoms with van der Waals surface area (Å²) in [6, 6.07) is 6.90.